The number of hydrogen-bond donors (Lipinski definition) is 1. The van der Waals surface area contributed by atoms with Crippen molar-refractivity contribution in [3.8, 4) is 17.6 Å². The number of aromatic nitrogens is 2. The summed E-state index contributed by atoms with van der Waals surface area (Å²) in [5.74, 6) is 0.444. The number of fused-ring (bicyclic) bond motifs is 1. The highest BCUT2D eigenvalue weighted by atomic mass is 79.9. The Balaban J connectivity index is 1.94. The summed E-state index contributed by atoms with van der Waals surface area (Å²) in [4.78, 5) is 1.04. The Kier molecular flexibility index (Phi) is 3.86. The molecule has 0 fully saturated rings. The number of rotatable bonds is 2. The Morgan fingerprint density at radius 1 is 1.32 bits per heavy atom. The van der Waals surface area contributed by atoms with E-state index in [4.69, 9.17) is 10.5 Å². The number of thiophene rings is 1. The van der Waals surface area contributed by atoms with Gasteiger partial charge in [-0.15, -0.1) is 11.3 Å². The summed E-state index contributed by atoms with van der Waals surface area (Å²) in [6, 6.07) is 14.0. The molecule has 25 heavy (non-hydrogen) atoms. The molecule has 3 aromatic rings. The van der Waals surface area contributed by atoms with Crippen LogP contribution in [0.3, 0.4) is 0 Å². The van der Waals surface area contributed by atoms with Crippen molar-refractivity contribution in [1.29, 1.82) is 5.26 Å². The van der Waals surface area contributed by atoms with Gasteiger partial charge in [0.2, 0.25) is 11.8 Å². The standard InChI is InChI=1S/C18H13BrN4OS/c1-10-15-16(14-3-2-8-25-14)13(9-20)17(21)24-18(15)23(22-10)12-6-4-11(19)5-7-12/h2-8,16H,21H2,1H3/t16-/m1/s1. The van der Waals surface area contributed by atoms with E-state index in [1.165, 1.54) is 0 Å². The van der Waals surface area contributed by atoms with E-state index in [1.54, 1.807) is 16.0 Å². The van der Waals surface area contributed by atoms with Gasteiger partial charge < -0.3 is 10.5 Å². The first-order valence-corrected chi connectivity index (χ1v) is 9.24. The number of benzene rings is 1. The molecule has 124 valence electrons. The quantitative estimate of drug-likeness (QED) is 0.683. The van der Waals surface area contributed by atoms with E-state index in [1.807, 2.05) is 48.7 Å². The summed E-state index contributed by atoms with van der Waals surface area (Å²) in [7, 11) is 0. The molecular weight excluding hydrogens is 400 g/mol. The molecule has 7 heteroatoms. The van der Waals surface area contributed by atoms with Gasteiger partial charge in [-0.3, -0.25) is 0 Å². The van der Waals surface area contributed by atoms with Gasteiger partial charge in [0.05, 0.1) is 22.9 Å². The second-order valence-electron chi connectivity index (χ2n) is 5.63. The van der Waals surface area contributed by atoms with Gasteiger partial charge >= 0.3 is 0 Å². The minimum atomic E-state index is -0.252. The Labute approximate surface area is 157 Å². The topological polar surface area (TPSA) is 76.9 Å². The summed E-state index contributed by atoms with van der Waals surface area (Å²) in [6.45, 7) is 1.93. The zero-order valence-electron chi connectivity index (χ0n) is 13.2. The molecular formula is C18H13BrN4OS. The van der Waals surface area contributed by atoms with Gasteiger partial charge in [-0.25, -0.2) is 4.68 Å². The normalized spacial score (nSPS) is 16.3. The van der Waals surface area contributed by atoms with Crippen molar-refractivity contribution in [2.45, 2.75) is 12.8 Å². The summed E-state index contributed by atoms with van der Waals surface area (Å²) >= 11 is 5.03. The highest BCUT2D eigenvalue weighted by molar-refractivity contribution is 9.10. The number of hydrogen-bond acceptors (Lipinski definition) is 5. The van der Waals surface area contributed by atoms with Crippen LogP contribution in [0.1, 0.15) is 22.1 Å². The van der Waals surface area contributed by atoms with Gasteiger partial charge in [0.1, 0.15) is 11.6 Å². The molecule has 0 unspecified atom stereocenters. The molecule has 3 heterocycles. The Hall–Kier alpha value is -2.56. The molecule has 0 saturated heterocycles. The van der Waals surface area contributed by atoms with Crippen LogP contribution in [0, 0.1) is 18.3 Å². The number of ether oxygens (including phenoxy) is 1. The van der Waals surface area contributed by atoms with Crippen LogP contribution in [0.4, 0.5) is 0 Å². The number of halogens is 1. The number of nitrogens with two attached hydrogens (primary N) is 1. The molecule has 1 aliphatic rings. The fourth-order valence-corrected chi connectivity index (χ4v) is 4.12. The maximum Gasteiger partial charge on any atom is 0.229 e. The summed E-state index contributed by atoms with van der Waals surface area (Å²) < 4.78 is 8.55. The molecule has 2 N–H and O–H groups in total. The fourth-order valence-electron chi connectivity index (χ4n) is 3.01. The van der Waals surface area contributed by atoms with Crippen LogP contribution < -0.4 is 10.5 Å². The van der Waals surface area contributed by atoms with Crippen molar-refractivity contribution < 1.29 is 4.74 Å². The van der Waals surface area contributed by atoms with Gasteiger partial charge in [-0.2, -0.15) is 10.4 Å². The zero-order chi connectivity index (χ0) is 17.6. The van der Waals surface area contributed by atoms with Crippen molar-refractivity contribution in [2.75, 3.05) is 0 Å². The highest BCUT2D eigenvalue weighted by Gasteiger charge is 2.36. The summed E-state index contributed by atoms with van der Waals surface area (Å²) in [6.07, 6.45) is 0. The zero-order valence-corrected chi connectivity index (χ0v) is 15.6. The van der Waals surface area contributed by atoms with E-state index in [9.17, 15) is 5.26 Å². The second-order valence-corrected chi connectivity index (χ2v) is 7.53. The molecule has 2 aromatic heterocycles. The monoisotopic (exact) mass is 412 g/mol. The van der Waals surface area contributed by atoms with E-state index >= 15 is 0 Å². The summed E-state index contributed by atoms with van der Waals surface area (Å²) in [5, 5.41) is 16.2. The van der Waals surface area contributed by atoms with Crippen molar-refractivity contribution >= 4 is 27.3 Å². The molecule has 1 atom stereocenters. The third kappa shape index (κ3) is 2.54. The minimum absolute atomic E-state index is 0.131. The molecule has 0 amide bonds. The molecule has 5 nitrogen and oxygen atoms in total. The molecule has 0 saturated carbocycles. The van der Waals surface area contributed by atoms with Crippen molar-refractivity contribution in [1.82, 2.24) is 9.78 Å². The molecule has 1 aromatic carbocycles. The van der Waals surface area contributed by atoms with Gasteiger partial charge in [-0.1, -0.05) is 22.0 Å². The van der Waals surface area contributed by atoms with Crippen LogP contribution in [-0.2, 0) is 0 Å². The average molecular weight is 413 g/mol. The number of nitriles is 1. The molecule has 4 rings (SSSR count). The predicted octanol–water partition coefficient (Wildman–Crippen LogP) is 4.22. The van der Waals surface area contributed by atoms with Gasteiger partial charge in [0, 0.05) is 9.35 Å². The van der Waals surface area contributed by atoms with Crippen LogP contribution in [0.5, 0.6) is 5.88 Å². The lowest BCUT2D eigenvalue weighted by atomic mass is 9.89. The lowest BCUT2D eigenvalue weighted by Gasteiger charge is -2.23. The third-order valence-electron chi connectivity index (χ3n) is 4.13. The van der Waals surface area contributed by atoms with Crippen molar-refractivity contribution in [3.63, 3.8) is 0 Å². The third-order valence-corrected chi connectivity index (χ3v) is 5.60. The molecule has 0 bridgehead atoms. The first-order valence-electron chi connectivity index (χ1n) is 7.56. The maximum atomic E-state index is 9.61. The Bertz CT molecular complexity index is 1010. The SMILES string of the molecule is Cc1nn(-c2ccc(Br)cc2)c2c1[C@@H](c1cccs1)C(C#N)=C(N)O2. The van der Waals surface area contributed by atoms with Crippen LogP contribution >= 0.6 is 27.3 Å². The van der Waals surface area contributed by atoms with Gasteiger partial charge in [0.15, 0.2) is 0 Å². The fraction of sp³-hybridized carbons (Fsp3) is 0.111. The van der Waals surface area contributed by atoms with Crippen molar-refractivity contribution in [2.24, 2.45) is 5.73 Å². The first kappa shape index (κ1) is 15.9. The summed E-state index contributed by atoms with van der Waals surface area (Å²) in [5.41, 5.74) is 9.06. The van der Waals surface area contributed by atoms with E-state index in [0.717, 1.165) is 26.3 Å². The largest absolute Gasteiger partial charge is 0.422 e. The smallest absolute Gasteiger partial charge is 0.229 e. The van der Waals surface area contributed by atoms with Crippen LogP contribution in [0.25, 0.3) is 5.69 Å². The van der Waals surface area contributed by atoms with Gasteiger partial charge in [0.25, 0.3) is 0 Å². The molecule has 1 aliphatic heterocycles. The Morgan fingerprint density at radius 2 is 2.08 bits per heavy atom. The average Bonchev–Trinajstić information content (AvgIpc) is 3.23. The second kappa shape index (κ2) is 6.06. The number of aryl methyl sites for hydroxylation is 1. The maximum absolute atomic E-state index is 9.61. The minimum Gasteiger partial charge on any atom is -0.422 e. The van der Waals surface area contributed by atoms with E-state index < -0.39 is 0 Å². The predicted molar refractivity (Wildman–Crippen MR) is 99.6 cm³/mol. The lowest BCUT2D eigenvalue weighted by Crippen LogP contribution is -2.21. The number of nitrogens with zero attached hydrogens (tertiary/aromatic N) is 3. The highest BCUT2D eigenvalue weighted by Crippen LogP contribution is 2.45. The van der Waals surface area contributed by atoms with E-state index in [2.05, 4.69) is 27.1 Å². The van der Waals surface area contributed by atoms with Crippen LogP contribution in [0.2, 0.25) is 0 Å². The lowest BCUT2D eigenvalue weighted by molar-refractivity contribution is 0.367. The van der Waals surface area contributed by atoms with Crippen LogP contribution in [0.15, 0.2) is 57.7 Å². The van der Waals surface area contributed by atoms with Crippen LogP contribution in [-0.4, -0.2) is 9.78 Å². The van der Waals surface area contributed by atoms with Gasteiger partial charge in [-0.05, 0) is 42.6 Å². The molecule has 0 radical (unpaired) electrons. The Morgan fingerprint density at radius 3 is 2.72 bits per heavy atom. The van der Waals surface area contributed by atoms with Crippen molar-refractivity contribution in [3.05, 3.63) is 73.8 Å². The number of allylic oxidation sites excluding steroid dienone is 1. The van der Waals surface area contributed by atoms with E-state index in [0.29, 0.717) is 11.5 Å². The first-order chi connectivity index (χ1) is 12.1. The molecule has 0 spiro atoms. The van der Waals surface area contributed by atoms with E-state index in [-0.39, 0.29) is 11.8 Å². The molecule has 0 aliphatic carbocycles.